The van der Waals surface area contributed by atoms with Crippen LogP contribution in [0.25, 0.3) is 0 Å². The Bertz CT molecular complexity index is 359. The number of hydrogen-bond donors (Lipinski definition) is 1. The van der Waals surface area contributed by atoms with Crippen LogP contribution in [0.15, 0.2) is 9.95 Å². The molecule has 2 rings (SSSR count). The van der Waals surface area contributed by atoms with Crippen molar-refractivity contribution in [1.29, 1.82) is 0 Å². The monoisotopic (exact) mass is 182 g/mol. The van der Waals surface area contributed by atoms with Gasteiger partial charge in [0.25, 0.3) is 5.56 Å². The Morgan fingerprint density at radius 2 is 2.33 bits per heavy atom. The first kappa shape index (κ1) is 7.86. The van der Waals surface area contributed by atoms with Gasteiger partial charge >= 0.3 is 0 Å². The van der Waals surface area contributed by atoms with E-state index in [0.717, 1.165) is 35.7 Å². The molecular weight excluding hydrogens is 172 g/mol. The standard InChI is InChI=1S/C8H10N2OS/c1-12-8-9-6-4-2-3-5(6)7(11)10-8/h2-4H2,1H3,(H,9,10,11). The maximum absolute atomic E-state index is 11.4. The van der Waals surface area contributed by atoms with E-state index in [4.69, 9.17) is 0 Å². The summed E-state index contributed by atoms with van der Waals surface area (Å²) < 4.78 is 0. The lowest BCUT2D eigenvalue weighted by Crippen LogP contribution is -2.14. The van der Waals surface area contributed by atoms with Crippen LogP contribution in [-0.2, 0) is 12.8 Å². The van der Waals surface area contributed by atoms with Gasteiger partial charge in [0.05, 0.1) is 5.69 Å². The van der Waals surface area contributed by atoms with Gasteiger partial charge in [-0.3, -0.25) is 4.79 Å². The molecule has 1 aromatic rings. The minimum Gasteiger partial charge on any atom is -0.301 e. The van der Waals surface area contributed by atoms with Crippen molar-refractivity contribution in [3.05, 3.63) is 21.6 Å². The summed E-state index contributed by atoms with van der Waals surface area (Å²) in [4.78, 5) is 18.5. The summed E-state index contributed by atoms with van der Waals surface area (Å²) in [6.45, 7) is 0. The zero-order valence-corrected chi connectivity index (χ0v) is 7.70. The number of fused-ring (bicyclic) bond motifs is 1. The largest absolute Gasteiger partial charge is 0.301 e. The number of thioether (sulfide) groups is 1. The summed E-state index contributed by atoms with van der Waals surface area (Å²) in [6, 6.07) is 0. The Kier molecular flexibility index (Phi) is 1.92. The van der Waals surface area contributed by atoms with Crippen molar-refractivity contribution in [1.82, 2.24) is 9.97 Å². The van der Waals surface area contributed by atoms with Crippen LogP contribution < -0.4 is 5.56 Å². The van der Waals surface area contributed by atoms with Gasteiger partial charge in [0.15, 0.2) is 5.16 Å². The molecule has 1 heterocycles. The smallest absolute Gasteiger partial charge is 0.254 e. The van der Waals surface area contributed by atoms with Gasteiger partial charge < -0.3 is 4.98 Å². The second-order valence-electron chi connectivity index (χ2n) is 2.85. The summed E-state index contributed by atoms with van der Waals surface area (Å²) in [7, 11) is 0. The third-order valence-corrected chi connectivity index (χ3v) is 2.69. The van der Waals surface area contributed by atoms with E-state index in [1.54, 1.807) is 0 Å². The first-order valence-corrected chi connectivity index (χ1v) is 5.20. The average molecular weight is 182 g/mol. The SMILES string of the molecule is CSc1nc2c(c(=O)[nH]1)CCC2. The second kappa shape index (κ2) is 2.94. The number of aromatic amines is 1. The molecule has 0 atom stereocenters. The quantitative estimate of drug-likeness (QED) is 0.520. The maximum atomic E-state index is 11.4. The van der Waals surface area contributed by atoms with Crippen LogP contribution in [0, 0.1) is 0 Å². The Morgan fingerprint density at radius 3 is 3.08 bits per heavy atom. The first-order valence-electron chi connectivity index (χ1n) is 3.97. The van der Waals surface area contributed by atoms with Gasteiger partial charge in [-0.1, -0.05) is 11.8 Å². The van der Waals surface area contributed by atoms with E-state index in [2.05, 4.69) is 9.97 Å². The average Bonchev–Trinajstić information content (AvgIpc) is 2.52. The molecule has 0 spiro atoms. The highest BCUT2D eigenvalue weighted by atomic mass is 32.2. The van der Waals surface area contributed by atoms with E-state index >= 15 is 0 Å². The van der Waals surface area contributed by atoms with Crippen molar-refractivity contribution in [3.63, 3.8) is 0 Å². The Hall–Kier alpha value is -0.770. The van der Waals surface area contributed by atoms with E-state index in [1.807, 2.05) is 6.26 Å². The van der Waals surface area contributed by atoms with Crippen LogP contribution in [0.3, 0.4) is 0 Å². The Morgan fingerprint density at radius 1 is 1.50 bits per heavy atom. The first-order chi connectivity index (χ1) is 5.81. The van der Waals surface area contributed by atoms with E-state index in [0.29, 0.717) is 0 Å². The second-order valence-corrected chi connectivity index (χ2v) is 3.65. The molecule has 0 aliphatic heterocycles. The fourth-order valence-electron chi connectivity index (χ4n) is 1.52. The molecule has 1 N–H and O–H groups in total. The van der Waals surface area contributed by atoms with Crippen molar-refractivity contribution in [3.8, 4) is 0 Å². The zero-order valence-electron chi connectivity index (χ0n) is 6.89. The summed E-state index contributed by atoms with van der Waals surface area (Å²) in [6.07, 6.45) is 4.85. The number of nitrogens with one attached hydrogen (secondary N) is 1. The summed E-state index contributed by atoms with van der Waals surface area (Å²) >= 11 is 1.48. The number of H-pyrrole nitrogens is 1. The highest BCUT2D eigenvalue weighted by Gasteiger charge is 2.16. The van der Waals surface area contributed by atoms with Crippen molar-refractivity contribution in [2.45, 2.75) is 24.4 Å². The molecule has 0 fully saturated rings. The molecule has 0 unspecified atom stereocenters. The van der Waals surface area contributed by atoms with Crippen molar-refractivity contribution >= 4 is 11.8 Å². The van der Waals surface area contributed by atoms with Crippen molar-refractivity contribution < 1.29 is 0 Å². The molecular formula is C8H10N2OS. The van der Waals surface area contributed by atoms with Crippen LogP contribution in [0.4, 0.5) is 0 Å². The number of aromatic nitrogens is 2. The Balaban J connectivity index is 2.59. The molecule has 0 radical (unpaired) electrons. The molecule has 0 bridgehead atoms. The minimum atomic E-state index is 0.0573. The summed E-state index contributed by atoms with van der Waals surface area (Å²) in [5.74, 6) is 0. The van der Waals surface area contributed by atoms with Gasteiger partial charge in [-0.15, -0.1) is 0 Å². The van der Waals surface area contributed by atoms with Crippen molar-refractivity contribution in [2.75, 3.05) is 6.26 Å². The fraction of sp³-hybridized carbons (Fsp3) is 0.500. The van der Waals surface area contributed by atoms with Gasteiger partial charge in [-0.05, 0) is 25.5 Å². The molecule has 64 valence electrons. The molecule has 1 aliphatic carbocycles. The number of hydrogen-bond acceptors (Lipinski definition) is 3. The maximum Gasteiger partial charge on any atom is 0.254 e. The van der Waals surface area contributed by atoms with Crippen LogP contribution in [0.2, 0.25) is 0 Å². The molecule has 0 saturated heterocycles. The lowest BCUT2D eigenvalue weighted by Gasteiger charge is -1.99. The summed E-state index contributed by atoms with van der Waals surface area (Å²) in [5.41, 5.74) is 1.96. The highest BCUT2D eigenvalue weighted by Crippen LogP contribution is 2.17. The predicted octanol–water partition coefficient (Wildman–Crippen LogP) is 0.981. The number of rotatable bonds is 1. The molecule has 12 heavy (non-hydrogen) atoms. The molecule has 0 aromatic carbocycles. The van der Waals surface area contributed by atoms with Gasteiger partial charge in [0, 0.05) is 5.56 Å². The minimum absolute atomic E-state index is 0.0573. The van der Waals surface area contributed by atoms with Gasteiger partial charge in [-0.25, -0.2) is 4.98 Å². The highest BCUT2D eigenvalue weighted by molar-refractivity contribution is 7.98. The number of aryl methyl sites for hydroxylation is 1. The molecule has 0 amide bonds. The van der Waals surface area contributed by atoms with Gasteiger partial charge in [-0.2, -0.15) is 0 Å². The van der Waals surface area contributed by atoms with Gasteiger partial charge in [0.1, 0.15) is 0 Å². The molecule has 1 aromatic heterocycles. The Labute approximate surface area is 74.6 Å². The van der Waals surface area contributed by atoms with E-state index < -0.39 is 0 Å². The van der Waals surface area contributed by atoms with E-state index in [1.165, 1.54) is 11.8 Å². The predicted molar refractivity (Wildman–Crippen MR) is 48.7 cm³/mol. The van der Waals surface area contributed by atoms with Crippen LogP contribution in [-0.4, -0.2) is 16.2 Å². The molecule has 0 saturated carbocycles. The van der Waals surface area contributed by atoms with E-state index in [-0.39, 0.29) is 5.56 Å². The molecule has 3 nitrogen and oxygen atoms in total. The third-order valence-electron chi connectivity index (χ3n) is 2.11. The van der Waals surface area contributed by atoms with Crippen molar-refractivity contribution in [2.24, 2.45) is 0 Å². The van der Waals surface area contributed by atoms with Crippen LogP contribution in [0.5, 0.6) is 0 Å². The van der Waals surface area contributed by atoms with Crippen LogP contribution in [0.1, 0.15) is 17.7 Å². The van der Waals surface area contributed by atoms with E-state index in [9.17, 15) is 4.79 Å². The lowest BCUT2D eigenvalue weighted by molar-refractivity contribution is 0.871. The lowest BCUT2D eigenvalue weighted by atomic mass is 10.3. The zero-order chi connectivity index (χ0) is 8.55. The van der Waals surface area contributed by atoms with Gasteiger partial charge in [0.2, 0.25) is 0 Å². The number of nitrogens with zero attached hydrogens (tertiary/aromatic N) is 1. The molecule has 1 aliphatic rings. The fourth-order valence-corrected chi connectivity index (χ4v) is 1.91. The topological polar surface area (TPSA) is 45.8 Å². The normalized spacial score (nSPS) is 14.8. The summed E-state index contributed by atoms with van der Waals surface area (Å²) in [5, 5.41) is 0.737. The van der Waals surface area contributed by atoms with Crippen LogP contribution >= 0.6 is 11.8 Å². The molecule has 4 heteroatoms. The third kappa shape index (κ3) is 1.16.